The van der Waals surface area contributed by atoms with Crippen molar-refractivity contribution >= 4 is 63.1 Å². The zero-order chi connectivity index (χ0) is 24.9. The van der Waals surface area contributed by atoms with Gasteiger partial charge in [-0.05, 0) is 67.7 Å². The fourth-order valence-electron chi connectivity index (χ4n) is 3.80. The van der Waals surface area contributed by atoms with Crippen molar-refractivity contribution in [1.82, 2.24) is 0 Å². The van der Waals surface area contributed by atoms with E-state index in [9.17, 15) is 15.3 Å². The molecule has 1 aromatic heterocycles. The van der Waals surface area contributed by atoms with Gasteiger partial charge in [-0.1, -0.05) is 40.9 Å². The Labute approximate surface area is 222 Å². The van der Waals surface area contributed by atoms with E-state index >= 15 is 0 Å². The van der Waals surface area contributed by atoms with Crippen molar-refractivity contribution < 1.29 is 9.53 Å². The molecule has 0 aliphatic heterocycles. The van der Waals surface area contributed by atoms with Crippen LogP contribution in [0.25, 0.3) is 6.08 Å². The highest BCUT2D eigenvalue weighted by Gasteiger charge is 2.23. The number of nitriles is 2. The van der Waals surface area contributed by atoms with Crippen LogP contribution in [0.5, 0.6) is 5.75 Å². The first-order valence-electron chi connectivity index (χ1n) is 10.7. The molecule has 0 saturated heterocycles. The van der Waals surface area contributed by atoms with E-state index in [1.807, 2.05) is 6.07 Å². The predicted octanol–water partition coefficient (Wildman–Crippen LogP) is 7.58. The number of nitrogens with zero attached hydrogens (tertiary/aromatic N) is 2. The Morgan fingerprint density at radius 2 is 1.83 bits per heavy atom. The molecule has 1 N–H and O–H groups in total. The molecule has 1 amide bonds. The number of benzene rings is 2. The second-order valence-electron chi connectivity index (χ2n) is 7.86. The third-order valence-electron chi connectivity index (χ3n) is 5.55. The first-order chi connectivity index (χ1) is 16.9. The van der Waals surface area contributed by atoms with Crippen molar-refractivity contribution in [3.63, 3.8) is 0 Å². The van der Waals surface area contributed by atoms with Crippen molar-refractivity contribution in [1.29, 1.82) is 10.5 Å². The molecule has 1 aliphatic rings. The largest absolute Gasteiger partial charge is 0.488 e. The van der Waals surface area contributed by atoms with E-state index in [1.165, 1.54) is 17.4 Å². The fourth-order valence-corrected chi connectivity index (χ4v) is 5.68. The van der Waals surface area contributed by atoms with Crippen molar-refractivity contribution in [3.8, 4) is 17.9 Å². The van der Waals surface area contributed by atoms with Crippen LogP contribution in [0.1, 0.15) is 40.0 Å². The average Bonchev–Trinajstić information content (AvgIpc) is 3.19. The summed E-state index contributed by atoms with van der Waals surface area (Å²) >= 11 is 19.8. The quantitative estimate of drug-likeness (QED) is 0.257. The number of ether oxygens (including phenoxy) is 1. The van der Waals surface area contributed by atoms with Gasteiger partial charge < -0.3 is 10.1 Å². The molecule has 0 bridgehead atoms. The Hall–Kier alpha value is -3.00. The summed E-state index contributed by atoms with van der Waals surface area (Å²) in [5, 5.41) is 24.0. The highest BCUT2D eigenvalue weighted by Crippen LogP contribution is 2.38. The number of rotatable bonds is 6. The summed E-state index contributed by atoms with van der Waals surface area (Å²) in [6.45, 7) is 0.152. The molecule has 0 unspecified atom stereocenters. The predicted molar refractivity (Wildman–Crippen MR) is 140 cm³/mol. The van der Waals surface area contributed by atoms with E-state index < -0.39 is 5.91 Å². The Bertz CT molecular complexity index is 1420. The molecule has 35 heavy (non-hydrogen) atoms. The maximum Gasteiger partial charge on any atom is 0.266 e. The van der Waals surface area contributed by atoms with E-state index in [1.54, 1.807) is 36.4 Å². The number of amides is 1. The number of hydrogen-bond acceptors (Lipinski definition) is 5. The van der Waals surface area contributed by atoms with Gasteiger partial charge in [0.15, 0.2) is 0 Å². The molecule has 1 heterocycles. The standard InChI is InChI=1S/C26H18Cl3N3O2S/c27-18-7-8-23(34-14-15-5-6-19(28)11-22(15)29)16(10-18)9-17(12-30)25(33)32-26-21(13-31)20-3-1-2-4-24(20)35-26/h5-11H,1-4,14H2,(H,32,33). The lowest BCUT2D eigenvalue weighted by atomic mass is 9.96. The second-order valence-corrected chi connectivity index (χ2v) is 10.2. The average molecular weight is 543 g/mol. The topological polar surface area (TPSA) is 85.9 Å². The minimum absolute atomic E-state index is 0.142. The molecular weight excluding hydrogens is 525 g/mol. The number of anilines is 1. The van der Waals surface area contributed by atoms with Crippen LogP contribution >= 0.6 is 46.1 Å². The summed E-state index contributed by atoms with van der Waals surface area (Å²) in [4.78, 5) is 14.1. The van der Waals surface area contributed by atoms with Crippen LogP contribution in [-0.2, 0) is 24.2 Å². The maximum atomic E-state index is 13.0. The minimum atomic E-state index is -0.603. The molecule has 0 spiro atoms. The van der Waals surface area contributed by atoms with Crippen molar-refractivity contribution in [2.75, 3.05) is 5.32 Å². The van der Waals surface area contributed by atoms with Gasteiger partial charge in [0.1, 0.15) is 35.1 Å². The minimum Gasteiger partial charge on any atom is -0.488 e. The lowest BCUT2D eigenvalue weighted by molar-refractivity contribution is -0.112. The number of carbonyl (C=O) groups excluding carboxylic acids is 1. The maximum absolute atomic E-state index is 13.0. The number of carbonyl (C=O) groups is 1. The summed E-state index contributed by atoms with van der Waals surface area (Å²) in [6.07, 6.45) is 5.22. The van der Waals surface area contributed by atoms with Gasteiger partial charge in [-0.25, -0.2) is 0 Å². The number of fused-ring (bicyclic) bond motifs is 1. The second kappa shape index (κ2) is 11.2. The van der Waals surface area contributed by atoms with Crippen LogP contribution < -0.4 is 10.1 Å². The third kappa shape index (κ3) is 5.81. The molecule has 9 heteroatoms. The Morgan fingerprint density at radius 1 is 1.09 bits per heavy atom. The fraction of sp³-hybridized carbons (Fsp3) is 0.192. The first kappa shape index (κ1) is 25.1. The number of hydrogen-bond donors (Lipinski definition) is 1. The van der Waals surface area contributed by atoms with Gasteiger partial charge in [0.25, 0.3) is 5.91 Å². The number of thiophene rings is 1. The van der Waals surface area contributed by atoms with Gasteiger partial charge in [0.05, 0.1) is 5.56 Å². The molecule has 0 saturated carbocycles. The summed E-state index contributed by atoms with van der Waals surface area (Å²) < 4.78 is 5.92. The number of aryl methyl sites for hydroxylation is 1. The molecule has 0 atom stereocenters. The van der Waals surface area contributed by atoms with Gasteiger partial charge in [-0.2, -0.15) is 10.5 Å². The molecule has 176 valence electrons. The number of nitrogens with one attached hydrogen (secondary N) is 1. The lowest BCUT2D eigenvalue weighted by Gasteiger charge is -2.12. The Kier molecular flexibility index (Phi) is 8.00. The van der Waals surface area contributed by atoms with E-state index in [0.29, 0.717) is 36.9 Å². The van der Waals surface area contributed by atoms with Crippen molar-refractivity contribution in [2.24, 2.45) is 0 Å². The van der Waals surface area contributed by atoms with Crippen molar-refractivity contribution in [2.45, 2.75) is 32.3 Å². The number of halogens is 3. The van der Waals surface area contributed by atoms with Gasteiger partial charge >= 0.3 is 0 Å². The van der Waals surface area contributed by atoms with E-state index in [2.05, 4.69) is 11.4 Å². The van der Waals surface area contributed by atoms with Gasteiger partial charge in [0, 0.05) is 31.1 Å². The molecule has 1 aliphatic carbocycles. The van der Waals surface area contributed by atoms with Gasteiger partial charge in [0.2, 0.25) is 0 Å². The SMILES string of the molecule is N#CC(=Cc1cc(Cl)ccc1OCc1ccc(Cl)cc1Cl)C(=O)Nc1sc2c(c1C#N)CCCC2. The lowest BCUT2D eigenvalue weighted by Crippen LogP contribution is -2.13. The van der Waals surface area contributed by atoms with Crippen LogP contribution in [0, 0.1) is 22.7 Å². The monoisotopic (exact) mass is 541 g/mol. The van der Waals surface area contributed by atoms with E-state index in [4.69, 9.17) is 39.5 Å². The normalized spacial score (nSPS) is 12.9. The molecule has 4 rings (SSSR count). The highest BCUT2D eigenvalue weighted by molar-refractivity contribution is 7.16. The zero-order valence-electron chi connectivity index (χ0n) is 18.3. The zero-order valence-corrected chi connectivity index (χ0v) is 21.4. The molecule has 0 fully saturated rings. The van der Waals surface area contributed by atoms with Crippen LogP contribution in [0.15, 0.2) is 42.0 Å². The van der Waals surface area contributed by atoms with Crippen LogP contribution in [0.4, 0.5) is 5.00 Å². The van der Waals surface area contributed by atoms with E-state index in [0.717, 1.165) is 41.7 Å². The summed E-state index contributed by atoms with van der Waals surface area (Å²) in [5.41, 5.74) is 2.54. The van der Waals surface area contributed by atoms with E-state index in [-0.39, 0.29) is 12.2 Å². The van der Waals surface area contributed by atoms with Crippen LogP contribution in [0.3, 0.4) is 0 Å². The van der Waals surface area contributed by atoms with Crippen LogP contribution in [0.2, 0.25) is 15.1 Å². The highest BCUT2D eigenvalue weighted by atomic mass is 35.5. The molecule has 2 aromatic carbocycles. The Morgan fingerprint density at radius 3 is 2.57 bits per heavy atom. The summed E-state index contributed by atoms with van der Waals surface area (Å²) in [7, 11) is 0. The molecular formula is C26H18Cl3N3O2S. The third-order valence-corrected chi connectivity index (χ3v) is 7.57. The molecule has 5 nitrogen and oxygen atoms in total. The van der Waals surface area contributed by atoms with Crippen molar-refractivity contribution in [3.05, 3.63) is 84.2 Å². The van der Waals surface area contributed by atoms with Crippen LogP contribution in [-0.4, -0.2) is 5.91 Å². The summed E-state index contributed by atoms with van der Waals surface area (Å²) in [6, 6.07) is 14.2. The smallest absolute Gasteiger partial charge is 0.266 e. The molecule has 0 radical (unpaired) electrons. The van der Waals surface area contributed by atoms with Gasteiger partial charge in [-0.15, -0.1) is 11.3 Å². The first-order valence-corrected chi connectivity index (χ1v) is 12.7. The summed E-state index contributed by atoms with van der Waals surface area (Å²) in [5.74, 6) is -0.181. The molecule has 3 aromatic rings. The Balaban J connectivity index is 1.58. The van der Waals surface area contributed by atoms with Gasteiger partial charge in [-0.3, -0.25) is 4.79 Å².